The summed E-state index contributed by atoms with van der Waals surface area (Å²) in [7, 11) is -3.17. The summed E-state index contributed by atoms with van der Waals surface area (Å²) in [6.07, 6.45) is 0. The third kappa shape index (κ3) is 15.8. The van der Waals surface area contributed by atoms with E-state index in [4.69, 9.17) is 18.9 Å². The Bertz CT molecular complexity index is 1930. The van der Waals surface area contributed by atoms with E-state index in [0.29, 0.717) is 0 Å². The predicted octanol–water partition coefficient (Wildman–Crippen LogP) is 13.7. The molecule has 2 aromatic heterocycles. The van der Waals surface area contributed by atoms with E-state index in [1.54, 1.807) is 70.6 Å². The lowest BCUT2D eigenvalue weighted by Crippen LogP contribution is -2.39. The van der Waals surface area contributed by atoms with E-state index in [-0.39, 0.29) is 0 Å². The van der Waals surface area contributed by atoms with E-state index in [2.05, 4.69) is 121 Å². The van der Waals surface area contributed by atoms with Gasteiger partial charge in [0.15, 0.2) is 0 Å². The summed E-state index contributed by atoms with van der Waals surface area (Å²) in [5.74, 6) is 0. The van der Waals surface area contributed by atoms with Crippen LogP contribution in [-0.4, -0.2) is 7.40 Å². The Balaban J connectivity index is 0.000000179. The molecule has 8 rings (SSSR count). The minimum Gasteiger partial charge on any atom is -0.867 e. The van der Waals surface area contributed by atoms with Gasteiger partial charge in [0.25, 0.3) is 0 Å². The van der Waals surface area contributed by atoms with Crippen LogP contribution in [0.3, 0.4) is 0 Å². The van der Waals surface area contributed by atoms with E-state index in [9.17, 15) is 4.32 Å². The van der Waals surface area contributed by atoms with Crippen LogP contribution >= 0.6 is 70.6 Å². The van der Waals surface area contributed by atoms with Crippen LogP contribution in [0.5, 0.6) is 0 Å². The van der Waals surface area contributed by atoms with Crippen LogP contribution in [0.25, 0.3) is 0 Å². The van der Waals surface area contributed by atoms with Crippen LogP contribution in [0, 0.1) is 0 Å². The van der Waals surface area contributed by atoms with Gasteiger partial charge in [0, 0.05) is 86.2 Å². The van der Waals surface area contributed by atoms with Crippen LogP contribution in [0.15, 0.2) is 275 Å². The summed E-state index contributed by atoms with van der Waals surface area (Å²) in [5, 5.41) is 20.2. The zero-order valence-corrected chi connectivity index (χ0v) is 35.6. The summed E-state index contributed by atoms with van der Waals surface area (Å²) in [6, 6.07) is 70.6. The Morgan fingerprint density at radius 3 is 0.655 bits per heavy atom. The number of hydrogen-bond acceptors (Lipinski definition) is 8. The zero-order valence-electron chi connectivity index (χ0n) is 30.7. The van der Waals surface area contributed by atoms with Crippen molar-refractivity contribution in [2.45, 2.75) is 59.5 Å². The molecule has 0 saturated heterocycles. The molecule has 0 radical (unpaired) electrons. The molecular weight excluding hydrogens is 839 g/mol. The summed E-state index contributed by atoms with van der Waals surface area (Å²) < 4.78 is 22.2. The Morgan fingerprint density at radius 2 is 0.466 bits per heavy atom. The second-order valence-electron chi connectivity index (χ2n) is 11.6. The maximum absolute atomic E-state index is 9.89. The first-order valence-electron chi connectivity index (χ1n) is 17.7. The fourth-order valence-corrected chi connectivity index (χ4v) is 10.4. The molecule has 0 atom stereocenters. The van der Waals surface area contributed by atoms with Crippen molar-refractivity contribution in [1.29, 1.82) is 0 Å². The third-order valence-electron chi connectivity index (χ3n) is 7.25. The van der Waals surface area contributed by atoms with Gasteiger partial charge in [-0.1, -0.05) is 133 Å². The highest BCUT2D eigenvalue weighted by molar-refractivity contribution is 8.01. The van der Waals surface area contributed by atoms with Crippen molar-refractivity contribution in [2.24, 2.45) is 0 Å². The monoisotopic (exact) mass is 872 g/mol. The summed E-state index contributed by atoms with van der Waals surface area (Å²) in [4.78, 5) is 9.44. The molecule has 0 amide bonds. The average molecular weight is 873 g/mol. The van der Waals surface area contributed by atoms with Crippen molar-refractivity contribution in [1.82, 2.24) is 0 Å². The van der Waals surface area contributed by atoms with E-state index < -0.39 is 7.40 Å². The second-order valence-corrected chi connectivity index (χ2v) is 18.2. The number of halogens is 1. The largest absolute Gasteiger partial charge is 0.867 e. The van der Waals surface area contributed by atoms with Crippen LogP contribution in [0.4, 0.5) is 4.32 Å². The van der Waals surface area contributed by atoms with E-state index in [1.807, 2.05) is 84.9 Å². The van der Waals surface area contributed by atoms with Crippen molar-refractivity contribution in [2.75, 3.05) is 0 Å². The van der Waals surface area contributed by atoms with Crippen molar-refractivity contribution >= 4 is 78.0 Å². The predicted molar refractivity (Wildman–Crippen MR) is 236 cm³/mol. The van der Waals surface area contributed by atoms with E-state index >= 15 is 0 Å². The number of hydrogen-bond donors (Lipinski definition) is 0. The number of rotatable bonds is 12. The van der Waals surface area contributed by atoms with Gasteiger partial charge in [-0.15, -0.1) is 0 Å². The fraction of sp³-hybridized carbons (Fsp3) is 0. The topological polar surface area (TPSA) is 68.7 Å². The van der Waals surface area contributed by atoms with Crippen molar-refractivity contribution < 1.29 is 23.2 Å². The molecule has 0 aliphatic rings. The summed E-state index contributed by atoms with van der Waals surface area (Å²) in [6.45, 7) is 0. The summed E-state index contributed by atoms with van der Waals surface area (Å²) >= 11 is 10.1. The Kier molecular flexibility index (Phi) is 17.8. The standard InChI is InChI=1S/2C23H17OS3.BFO2/c2*1-4-10-18(11-5-1)25-21-16-22(26-19-12-6-2-7-13-19)24-23(17-21)27-20-14-8-3-9-15-20;2-1(3)4/h2*1-17H;/q2*+1;-2. The van der Waals surface area contributed by atoms with Crippen LogP contribution < -0.4 is 10.0 Å². The lowest BCUT2D eigenvalue weighted by molar-refractivity contribution is -0.366. The van der Waals surface area contributed by atoms with Crippen molar-refractivity contribution in [3.63, 3.8) is 0 Å². The first kappa shape index (κ1) is 43.2. The minimum atomic E-state index is -3.17. The zero-order chi connectivity index (χ0) is 40.2. The highest BCUT2D eigenvalue weighted by atomic mass is 32.2. The molecule has 288 valence electrons. The van der Waals surface area contributed by atoms with Gasteiger partial charge in [-0.25, -0.2) is 0 Å². The highest BCUT2D eigenvalue weighted by Gasteiger charge is 2.21. The maximum Gasteiger partial charge on any atom is 0.394 e. The van der Waals surface area contributed by atoms with Gasteiger partial charge < -0.3 is 14.4 Å². The molecule has 6 aromatic carbocycles. The normalized spacial score (nSPS) is 10.4. The summed E-state index contributed by atoms with van der Waals surface area (Å²) in [5.41, 5.74) is 0. The van der Waals surface area contributed by atoms with Crippen molar-refractivity contribution in [3.8, 4) is 0 Å². The third-order valence-corrected chi connectivity index (χ3v) is 12.8. The van der Waals surface area contributed by atoms with Gasteiger partial charge in [-0.3, -0.25) is 0 Å². The van der Waals surface area contributed by atoms with Crippen LogP contribution in [0.1, 0.15) is 0 Å². The molecule has 12 heteroatoms. The minimum absolute atomic E-state index is 0.889. The van der Waals surface area contributed by atoms with Gasteiger partial charge in [-0.05, 0) is 72.8 Å². The molecule has 0 fully saturated rings. The Hall–Kier alpha value is -4.37. The molecule has 0 aliphatic carbocycles. The van der Waals surface area contributed by atoms with Crippen molar-refractivity contribution in [3.05, 3.63) is 206 Å². The maximum atomic E-state index is 9.89. The average Bonchev–Trinajstić information content (AvgIpc) is 3.23. The Labute approximate surface area is 364 Å². The molecule has 0 unspecified atom stereocenters. The first-order valence-corrected chi connectivity index (χ1v) is 22.6. The lowest BCUT2D eigenvalue weighted by atomic mass is 10.3. The molecule has 2 heterocycles. The molecule has 0 saturated carbocycles. The molecule has 0 bridgehead atoms. The molecular formula is C46H34BFO4S6. The second kappa shape index (κ2) is 23.9. The van der Waals surface area contributed by atoms with E-state index in [0.717, 1.165) is 20.4 Å². The molecule has 58 heavy (non-hydrogen) atoms. The van der Waals surface area contributed by atoms with E-state index in [1.165, 1.54) is 39.2 Å². The smallest absolute Gasteiger partial charge is 0.394 e. The van der Waals surface area contributed by atoms with Crippen LogP contribution in [0.2, 0.25) is 0 Å². The molecule has 0 N–H and O–H groups in total. The van der Waals surface area contributed by atoms with Gasteiger partial charge in [0.05, 0.1) is 24.3 Å². The van der Waals surface area contributed by atoms with Gasteiger partial charge >= 0.3 is 20.4 Å². The molecule has 0 aliphatic heterocycles. The molecule has 4 nitrogen and oxygen atoms in total. The fourth-order valence-electron chi connectivity index (χ4n) is 4.85. The van der Waals surface area contributed by atoms with Gasteiger partial charge in [0.1, 0.15) is 7.40 Å². The Morgan fingerprint density at radius 1 is 0.293 bits per heavy atom. The quantitative estimate of drug-likeness (QED) is 0.0875. The highest BCUT2D eigenvalue weighted by Crippen LogP contribution is 2.40. The molecule has 0 spiro atoms. The molecule has 8 aromatic rings. The number of benzene rings is 6. The van der Waals surface area contributed by atoms with Gasteiger partial charge in [0.2, 0.25) is 0 Å². The SMILES string of the molecule is [O-]B([O-])F.c1ccc(Sc2cc(Sc3ccccc3)[o+]c(Sc3ccccc3)c2)cc1.c1ccc(Sc2cc(Sc3ccccc3)[o+]c(Sc3ccccc3)c2)cc1. The lowest BCUT2D eigenvalue weighted by Gasteiger charge is -2.09. The van der Waals surface area contributed by atoms with Gasteiger partial charge in [-0.2, -0.15) is 8.83 Å². The van der Waals surface area contributed by atoms with Crippen LogP contribution in [-0.2, 0) is 0 Å². The first-order chi connectivity index (χ1) is 28.4.